The molecule has 4 aromatic rings. The first-order valence-corrected chi connectivity index (χ1v) is 14.5. The minimum absolute atomic E-state index is 0.104. The zero-order valence-corrected chi connectivity index (χ0v) is 23.2. The van der Waals surface area contributed by atoms with Gasteiger partial charge in [0.15, 0.2) is 28.8 Å². The first-order chi connectivity index (χ1) is 20.2. The molecule has 0 spiro atoms. The third-order valence-corrected chi connectivity index (χ3v) is 8.34. The van der Waals surface area contributed by atoms with Gasteiger partial charge in [-0.25, -0.2) is 4.68 Å². The molecule has 2 aliphatic heterocycles. The second-order valence-corrected chi connectivity index (χ2v) is 11.0. The molecular formula is C30H34N6O5. The molecule has 4 heterocycles. The number of rotatable bonds is 8. The Hall–Kier alpha value is -4.12. The van der Waals surface area contributed by atoms with E-state index in [1.54, 1.807) is 0 Å². The second-order valence-electron chi connectivity index (χ2n) is 11.0. The summed E-state index contributed by atoms with van der Waals surface area (Å²) in [6.07, 6.45) is 6.57. The molecule has 11 heteroatoms. The summed E-state index contributed by atoms with van der Waals surface area (Å²) in [7, 11) is 0. The predicted octanol–water partition coefficient (Wildman–Crippen LogP) is 4.67. The molecule has 0 amide bonds. The summed E-state index contributed by atoms with van der Waals surface area (Å²) in [4.78, 5) is 18.8. The van der Waals surface area contributed by atoms with Crippen molar-refractivity contribution in [3.05, 3.63) is 63.7 Å². The summed E-state index contributed by atoms with van der Waals surface area (Å²) in [5, 5.41) is 14.0. The molecule has 3 aliphatic rings. The molecule has 7 rings (SSSR count). The summed E-state index contributed by atoms with van der Waals surface area (Å²) < 4.78 is 24.7. The van der Waals surface area contributed by atoms with Crippen molar-refractivity contribution in [1.82, 2.24) is 30.1 Å². The summed E-state index contributed by atoms with van der Waals surface area (Å²) in [5.41, 5.74) is 2.30. The van der Waals surface area contributed by atoms with Crippen molar-refractivity contribution >= 4 is 10.9 Å². The molecule has 2 aromatic heterocycles. The minimum Gasteiger partial charge on any atom is -0.486 e. The molecule has 214 valence electrons. The van der Waals surface area contributed by atoms with Crippen molar-refractivity contribution in [2.45, 2.75) is 70.6 Å². The number of ether oxygens (including phenoxy) is 4. The molecule has 1 aliphatic carbocycles. The van der Waals surface area contributed by atoms with Crippen molar-refractivity contribution in [2.75, 3.05) is 20.0 Å². The summed E-state index contributed by atoms with van der Waals surface area (Å²) in [6.45, 7) is 4.35. The van der Waals surface area contributed by atoms with Gasteiger partial charge in [-0.1, -0.05) is 32.3 Å². The van der Waals surface area contributed by atoms with Gasteiger partial charge in [0.25, 0.3) is 5.56 Å². The molecule has 1 atom stereocenters. The lowest BCUT2D eigenvalue weighted by atomic mass is 9.95. The number of nitrogens with one attached hydrogen (secondary N) is 1. The van der Waals surface area contributed by atoms with Crippen molar-refractivity contribution < 1.29 is 18.9 Å². The summed E-state index contributed by atoms with van der Waals surface area (Å²) in [5.74, 6) is 3.67. The van der Waals surface area contributed by atoms with Gasteiger partial charge in [0.2, 0.25) is 6.79 Å². The number of tetrazole rings is 1. The molecule has 41 heavy (non-hydrogen) atoms. The molecule has 0 radical (unpaired) electrons. The van der Waals surface area contributed by atoms with Crippen LogP contribution in [-0.2, 0) is 13.1 Å². The van der Waals surface area contributed by atoms with E-state index in [-0.39, 0.29) is 18.4 Å². The Morgan fingerprint density at radius 1 is 0.951 bits per heavy atom. The number of benzene rings is 2. The molecule has 1 N–H and O–H groups in total. The van der Waals surface area contributed by atoms with Crippen molar-refractivity contribution in [1.29, 1.82) is 0 Å². The van der Waals surface area contributed by atoms with Crippen molar-refractivity contribution in [3.8, 4) is 23.0 Å². The van der Waals surface area contributed by atoms with E-state index in [1.807, 2.05) is 41.1 Å². The lowest BCUT2D eigenvalue weighted by Gasteiger charge is -2.32. The number of fused-ring (bicyclic) bond motifs is 3. The van der Waals surface area contributed by atoms with E-state index >= 15 is 0 Å². The van der Waals surface area contributed by atoms with Crippen molar-refractivity contribution in [3.63, 3.8) is 0 Å². The number of aromatic nitrogens is 5. The lowest BCUT2D eigenvalue weighted by Crippen LogP contribution is -2.33. The van der Waals surface area contributed by atoms with Gasteiger partial charge in [-0.05, 0) is 59.5 Å². The Morgan fingerprint density at radius 3 is 2.56 bits per heavy atom. The normalized spacial score (nSPS) is 17.3. The van der Waals surface area contributed by atoms with Crippen LogP contribution in [0.25, 0.3) is 10.9 Å². The highest BCUT2D eigenvalue weighted by Crippen LogP contribution is 2.37. The molecule has 0 unspecified atom stereocenters. The minimum atomic E-state index is -0.133. The average molecular weight is 559 g/mol. The highest BCUT2D eigenvalue weighted by molar-refractivity contribution is 5.83. The first kappa shape index (κ1) is 25.8. The van der Waals surface area contributed by atoms with E-state index < -0.39 is 0 Å². The largest absolute Gasteiger partial charge is 0.486 e. The van der Waals surface area contributed by atoms with Gasteiger partial charge in [0.1, 0.15) is 13.2 Å². The van der Waals surface area contributed by atoms with Gasteiger partial charge in [0, 0.05) is 30.1 Å². The van der Waals surface area contributed by atoms with Crippen LogP contribution in [0, 0.1) is 0 Å². The molecule has 11 nitrogen and oxygen atoms in total. The monoisotopic (exact) mass is 558 g/mol. The highest BCUT2D eigenvalue weighted by atomic mass is 16.7. The van der Waals surface area contributed by atoms with E-state index in [1.165, 1.54) is 19.3 Å². The number of aromatic amines is 1. The van der Waals surface area contributed by atoms with E-state index in [0.29, 0.717) is 49.4 Å². The first-order valence-electron chi connectivity index (χ1n) is 14.5. The zero-order chi connectivity index (χ0) is 27.8. The third kappa shape index (κ3) is 5.10. The average Bonchev–Trinajstić information content (AvgIpc) is 3.67. The van der Waals surface area contributed by atoms with Crippen LogP contribution in [0.5, 0.6) is 23.0 Å². The third-order valence-electron chi connectivity index (χ3n) is 8.34. The zero-order valence-electron chi connectivity index (χ0n) is 23.2. The molecule has 2 aromatic carbocycles. The fourth-order valence-corrected chi connectivity index (χ4v) is 6.28. The maximum Gasteiger partial charge on any atom is 0.252 e. The number of hydrogen-bond donors (Lipinski definition) is 1. The number of hydrogen-bond acceptors (Lipinski definition) is 9. The Balaban J connectivity index is 1.26. The van der Waals surface area contributed by atoms with Crippen LogP contribution in [-0.4, -0.2) is 50.1 Å². The number of nitrogens with zero attached hydrogens (tertiary/aromatic N) is 5. The molecule has 1 fully saturated rings. The quantitative estimate of drug-likeness (QED) is 0.329. The van der Waals surface area contributed by atoms with Crippen molar-refractivity contribution in [2.24, 2.45) is 0 Å². The van der Waals surface area contributed by atoms with Gasteiger partial charge in [-0.15, -0.1) is 5.10 Å². The van der Waals surface area contributed by atoms with E-state index in [9.17, 15) is 4.79 Å². The van der Waals surface area contributed by atoms with E-state index in [0.717, 1.165) is 53.1 Å². The van der Waals surface area contributed by atoms with Gasteiger partial charge in [0.05, 0.1) is 17.6 Å². The second kappa shape index (κ2) is 11.0. The SMILES string of the molecule is CC[C@@H](c1nnnn1C1CCCCC1)N(Cc1ccc2c(c1)OCO2)Cc1cc2cc3c(cc2[nH]c1=O)OCCO3. The maximum atomic E-state index is 13.4. The van der Waals surface area contributed by atoms with Crippen LogP contribution < -0.4 is 24.5 Å². The highest BCUT2D eigenvalue weighted by Gasteiger charge is 2.30. The Labute approximate surface area is 237 Å². The van der Waals surface area contributed by atoms with Crippen LogP contribution >= 0.6 is 0 Å². The molecule has 0 saturated heterocycles. The molecule has 1 saturated carbocycles. The number of H-pyrrole nitrogens is 1. The molecular weight excluding hydrogens is 524 g/mol. The van der Waals surface area contributed by atoms with Crippen LogP contribution in [0.3, 0.4) is 0 Å². The number of pyridine rings is 1. The van der Waals surface area contributed by atoms with Gasteiger partial charge in [-0.2, -0.15) is 0 Å². The van der Waals surface area contributed by atoms with Crippen LogP contribution in [0.15, 0.2) is 41.2 Å². The van der Waals surface area contributed by atoms with E-state index in [4.69, 9.17) is 18.9 Å². The standard InChI is InChI=1S/C30H34N6O5/c1-2-24(29-32-33-34-36(29)22-6-4-3-5-7-22)35(16-19-8-9-25-26(12-19)41-18-40-25)17-21-13-20-14-27-28(39-11-10-38-27)15-23(20)31-30(21)37/h8-9,12-15,22,24H,2-7,10-11,16-18H2,1H3,(H,31,37)/t24-/m0/s1. The Kier molecular flexibility index (Phi) is 6.95. The predicted molar refractivity (Wildman–Crippen MR) is 150 cm³/mol. The van der Waals surface area contributed by atoms with Gasteiger partial charge < -0.3 is 23.9 Å². The van der Waals surface area contributed by atoms with Crippen LogP contribution in [0.1, 0.15) is 74.5 Å². The lowest BCUT2D eigenvalue weighted by molar-refractivity contribution is 0.155. The van der Waals surface area contributed by atoms with Crippen LogP contribution in [0.4, 0.5) is 0 Å². The molecule has 0 bridgehead atoms. The smallest absolute Gasteiger partial charge is 0.252 e. The Bertz CT molecular complexity index is 1610. The van der Waals surface area contributed by atoms with Gasteiger partial charge >= 0.3 is 0 Å². The fraction of sp³-hybridized carbons (Fsp3) is 0.467. The topological polar surface area (TPSA) is 117 Å². The fourth-order valence-electron chi connectivity index (χ4n) is 6.28. The van der Waals surface area contributed by atoms with Crippen LogP contribution in [0.2, 0.25) is 0 Å². The maximum absolute atomic E-state index is 13.4. The van der Waals surface area contributed by atoms with Gasteiger partial charge in [-0.3, -0.25) is 9.69 Å². The van der Waals surface area contributed by atoms with E-state index in [2.05, 4.69) is 32.3 Å². The summed E-state index contributed by atoms with van der Waals surface area (Å²) in [6, 6.07) is 11.9. The summed E-state index contributed by atoms with van der Waals surface area (Å²) >= 11 is 0. The Morgan fingerprint density at radius 2 is 1.73 bits per heavy atom.